The summed E-state index contributed by atoms with van der Waals surface area (Å²) in [5.74, 6) is -1.09. The number of hydrogen-bond donors (Lipinski definition) is 0. The zero-order valence-electron chi connectivity index (χ0n) is 17.6. The average molecular weight is 412 g/mol. The van der Waals surface area contributed by atoms with E-state index < -0.39 is 11.9 Å². The minimum Gasteiger partial charge on any atom is -0.465 e. The van der Waals surface area contributed by atoms with Gasteiger partial charge in [-0.15, -0.1) is 0 Å². The van der Waals surface area contributed by atoms with E-state index >= 15 is 0 Å². The van der Waals surface area contributed by atoms with E-state index in [9.17, 15) is 9.59 Å². The molecule has 0 aliphatic carbocycles. The Hall–Kier alpha value is -3.68. The summed E-state index contributed by atoms with van der Waals surface area (Å²) in [5, 5.41) is 7.94. The predicted octanol–water partition coefficient (Wildman–Crippen LogP) is 3.25. The molecule has 0 unspecified atom stereocenters. The lowest BCUT2D eigenvalue weighted by Gasteiger charge is -2.13. The number of aryl methyl sites for hydroxylation is 1. The third-order valence-electron chi connectivity index (χ3n) is 4.36. The molecule has 30 heavy (non-hydrogen) atoms. The molecule has 0 amide bonds. The molecule has 0 aliphatic heterocycles. The Balaban J connectivity index is 2.32. The fourth-order valence-electron chi connectivity index (χ4n) is 2.83. The number of esters is 2. The van der Waals surface area contributed by atoms with Crippen molar-refractivity contribution >= 4 is 23.4 Å². The van der Waals surface area contributed by atoms with Crippen molar-refractivity contribution in [2.75, 3.05) is 21.3 Å². The van der Waals surface area contributed by atoms with Gasteiger partial charge in [-0.3, -0.25) is 0 Å². The molecule has 8 nitrogen and oxygen atoms in total. The van der Waals surface area contributed by atoms with Crippen molar-refractivity contribution in [3.05, 3.63) is 70.3 Å². The number of oxime groups is 2. The topological polar surface area (TPSA) is 95.8 Å². The Bertz CT molecular complexity index is 981. The monoisotopic (exact) mass is 412 g/mol. The molecule has 2 aromatic carbocycles. The maximum atomic E-state index is 12.1. The van der Waals surface area contributed by atoms with E-state index in [1.807, 2.05) is 13.0 Å². The Morgan fingerprint density at radius 1 is 0.867 bits per heavy atom. The summed E-state index contributed by atoms with van der Waals surface area (Å²) in [7, 11) is 3.94. The van der Waals surface area contributed by atoms with Gasteiger partial charge < -0.3 is 19.1 Å². The third-order valence-corrected chi connectivity index (χ3v) is 4.36. The molecule has 0 saturated carbocycles. The highest BCUT2D eigenvalue weighted by Gasteiger charge is 2.21. The number of ether oxygens (including phenoxy) is 2. The number of carbonyl (C=O) groups excluding carboxylic acids is 2. The van der Waals surface area contributed by atoms with Crippen molar-refractivity contribution in [2.45, 2.75) is 20.5 Å². The fourth-order valence-corrected chi connectivity index (χ4v) is 2.83. The number of methoxy groups -OCH3 is 2. The van der Waals surface area contributed by atoms with Crippen LogP contribution in [0.15, 0.2) is 52.8 Å². The Morgan fingerprint density at radius 3 is 2.17 bits per heavy atom. The van der Waals surface area contributed by atoms with E-state index in [0.29, 0.717) is 28.0 Å². The van der Waals surface area contributed by atoms with Gasteiger partial charge in [0.15, 0.2) is 5.71 Å². The first kappa shape index (κ1) is 22.6. The van der Waals surface area contributed by atoms with Crippen molar-refractivity contribution in [1.29, 1.82) is 0 Å². The molecule has 0 bridgehead atoms. The molecule has 2 rings (SSSR count). The molecule has 0 fully saturated rings. The van der Waals surface area contributed by atoms with Crippen molar-refractivity contribution in [1.82, 2.24) is 0 Å². The van der Waals surface area contributed by atoms with Crippen molar-refractivity contribution < 1.29 is 28.7 Å². The Kier molecular flexibility index (Phi) is 8.10. The van der Waals surface area contributed by atoms with Crippen LogP contribution in [0, 0.1) is 6.92 Å². The van der Waals surface area contributed by atoms with Crippen molar-refractivity contribution in [3.8, 4) is 0 Å². The molecule has 0 saturated heterocycles. The number of benzene rings is 2. The normalized spacial score (nSPS) is 11.6. The minimum absolute atomic E-state index is 0.0269. The van der Waals surface area contributed by atoms with Crippen LogP contribution in [0.3, 0.4) is 0 Å². The molecule has 0 aliphatic rings. The van der Waals surface area contributed by atoms with E-state index in [1.165, 1.54) is 21.3 Å². The van der Waals surface area contributed by atoms with Crippen molar-refractivity contribution in [2.24, 2.45) is 10.3 Å². The Morgan fingerprint density at radius 2 is 1.53 bits per heavy atom. The Labute approximate surface area is 175 Å². The van der Waals surface area contributed by atoms with Gasteiger partial charge in [-0.1, -0.05) is 46.7 Å². The van der Waals surface area contributed by atoms with Gasteiger partial charge in [0.2, 0.25) is 0 Å². The van der Waals surface area contributed by atoms with Crippen molar-refractivity contribution in [3.63, 3.8) is 0 Å². The first-order valence-corrected chi connectivity index (χ1v) is 9.07. The summed E-state index contributed by atoms with van der Waals surface area (Å²) in [4.78, 5) is 34.4. The maximum Gasteiger partial charge on any atom is 0.360 e. The molecule has 0 radical (unpaired) electrons. The molecule has 2 aromatic rings. The number of hydrogen-bond acceptors (Lipinski definition) is 8. The van der Waals surface area contributed by atoms with Gasteiger partial charge in [0.25, 0.3) is 0 Å². The van der Waals surface area contributed by atoms with Gasteiger partial charge in [-0.05, 0) is 25.5 Å². The molecule has 158 valence electrons. The standard InChI is InChI=1S/C22H24N2O6/c1-14-9-8-12-17(20(24-29-5)22(26)28-4)19(14)13-30-23-15(2)16-10-6-7-11-18(16)21(25)27-3/h6-12H,13H2,1-5H3/b23-15+,24-20+. The van der Waals surface area contributed by atoms with Crippen LogP contribution < -0.4 is 0 Å². The predicted molar refractivity (Wildman–Crippen MR) is 112 cm³/mol. The van der Waals surface area contributed by atoms with E-state index in [4.69, 9.17) is 19.1 Å². The van der Waals surface area contributed by atoms with Crippen LogP contribution in [0.2, 0.25) is 0 Å². The lowest BCUT2D eigenvalue weighted by molar-refractivity contribution is -0.132. The molecule has 0 aromatic heterocycles. The molecule has 0 atom stereocenters. The highest BCUT2D eigenvalue weighted by atomic mass is 16.6. The summed E-state index contributed by atoms with van der Waals surface area (Å²) in [6.45, 7) is 3.68. The number of nitrogens with zero attached hydrogens (tertiary/aromatic N) is 2. The number of rotatable bonds is 8. The van der Waals surface area contributed by atoms with E-state index in [2.05, 4.69) is 10.3 Å². The highest BCUT2D eigenvalue weighted by molar-refractivity contribution is 6.43. The highest BCUT2D eigenvalue weighted by Crippen LogP contribution is 2.18. The van der Waals surface area contributed by atoms with Gasteiger partial charge in [0.05, 0.1) is 25.5 Å². The second-order valence-corrected chi connectivity index (χ2v) is 6.20. The summed E-state index contributed by atoms with van der Waals surface area (Å²) >= 11 is 0. The third kappa shape index (κ3) is 5.22. The average Bonchev–Trinajstić information content (AvgIpc) is 2.77. The summed E-state index contributed by atoms with van der Waals surface area (Å²) < 4.78 is 9.61. The SMILES string of the molecule is CO/N=C(/C(=O)OC)c1cccc(C)c1CO/N=C(\C)c1ccccc1C(=O)OC. The molecular weight excluding hydrogens is 388 g/mol. The summed E-state index contributed by atoms with van der Waals surface area (Å²) in [6, 6.07) is 12.4. The van der Waals surface area contributed by atoms with Crippen LogP contribution in [0.25, 0.3) is 0 Å². The minimum atomic E-state index is -0.629. The van der Waals surface area contributed by atoms with E-state index in [0.717, 1.165) is 5.56 Å². The summed E-state index contributed by atoms with van der Waals surface area (Å²) in [6.07, 6.45) is 0. The van der Waals surface area contributed by atoms with E-state index in [1.54, 1.807) is 43.3 Å². The molecule has 0 spiro atoms. The lowest BCUT2D eigenvalue weighted by atomic mass is 9.99. The molecule has 8 heteroatoms. The van der Waals surface area contributed by atoms with Crippen LogP contribution in [0.5, 0.6) is 0 Å². The van der Waals surface area contributed by atoms with E-state index in [-0.39, 0.29) is 12.3 Å². The first-order chi connectivity index (χ1) is 14.4. The fraction of sp³-hybridized carbons (Fsp3) is 0.273. The van der Waals surface area contributed by atoms with Crippen LogP contribution >= 0.6 is 0 Å². The van der Waals surface area contributed by atoms with Gasteiger partial charge in [0, 0.05) is 16.7 Å². The largest absolute Gasteiger partial charge is 0.465 e. The quantitative estimate of drug-likeness (QED) is 0.375. The lowest BCUT2D eigenvalue weighted by Crippen LogP contribution is -2.20. The number of carbonyl (C=O) groups is 2. The van der Waals surface area contributed by atoms with Gasteiger partial charge in [-0.2, -0.15) is 0 Å². The first-order valence-electron chi connectivity index (χ1n) is 9.07. The van der Waals surface area contributed by atoms with Crippen LogP contribution in [0.4, 0.5) is 0 Å². The van der Waals surface area contributed by atoms with Gasteiger partial charge in [-0.25, -0.2) is 9.59 Å². The molecule has 0 heterocycles. The molecular formula is C22H24N2O6. The van der Waals surface area contributed by atoms with Crippen LogP contribution in [-0.4, -0.2) is 44.7 Å². The second-order valence-electron chi connectivity index (χ2n) is 6.20. The molecule has 0 N–H and O–H groups in total. The van der Waals surface area contributed by atoms with Crippen LogP contribution in [0.1, 0.15) is 39.5 Å². The maximum absolute atomic E-state index is 12.1. The smallest absolute Gasteiger partial charge is 0.360 e. The van der Waals surface area contributed by atoms with Gasteiger partial charge >= 0.3 is 11.9 Å². The van der Waals surface area contributed by atoms with Gasteiger partial charge in [0.1, 0.15) is 13.7 Å². The van der Waals surface area contributed by atoms with Crippen LogP contribution in [-0.2, 0) is 30.6 Å². The zero-order chi connectivity index (χ0) is 22.1. The second kappa shape index (κ2) is 10.8. The summed E-state index contributed by atoms with van der Waals surface area (Å²) in [5.41, 5.74) is 3.63. The zero-order valence-corrected chi connectivity index (χ0v) is 17.6.